The van der Waals surface area contributed by atoms with E-state index in [2.05, 4.69) is 31.0 Å². The van der Waals surface area contributed by atoms with Crippen LogP contribution in [0.15, 0.2) is 42.2 Å². The highest BCUT2D eigenvalue weighted by molar-refractivity contribution is 7.13. The van der Waals surface area contributed by atoms with Gasteiger partial charge in [0.2, 0.25) is 0 Å². The lowest BCUT2D eigenvalue weighted by Crippen LogP contribution is -2.20. The monoisotopic (exact) mass is 286 g/mol. The van der Waals surface area contributed by atoms with Crippen molar-refractivity contribution >= 4 is 11.3 Å². The Bertz CT molecular complexity index is 634. The van der Waals surface area contributed by atoms with Gasteiger partial charge in [0, 0.05) is 30.9 Å². The lowest BCUT2D eigenvalue weighted by atomic mass is 10.3. The van der Waals surface area contributed by atoms with Crippen LogP contribution in [0.25, 0.3) is 10.7 Å². The number of rotatable bonds is 6. The summed E-state index contributed by atoms with van der Waals surface area (Å²) >= 11 is 1.62. The SMILES string of the molecule is c1ccc(-c2nc(CNCCn3ccnn3)cs2)nc1. The summed E-state index contributed by atoms with van der Waals surface area (Å²) in [6.07, 6.45) is 5.32. The molecule has 20 heavy (non-hydrogen) atoms. The van der Waals surface area contributed by atoms with Crippen molar-refractivity contribution in [3.63, 3.8) is 0 Å². The van der Waals surface area contributed by atoms with Crippen molar-refractivity contribution in [3.05, 3.63) is 47.9 Å². The normalized spacial score (nSPS) is 10.8. The fraction of sp³-hybridized carbons (Fsp3) is 0.231. The summed E-state index contributed by atoms with van der Waals surface area (Å²) < 4.78 is 1.80. The third kappa shape index (κ3) is 3.25. The summed E-state index contributed by atoms with van der Waals surface area (Å²) in [5, 5.41) is 14.0. The summed E-state index contributed by atoms with van der Waals surface area (Å²) in [6, 6.07) is 5.85. The Morgan fingerprint density at radius 1 is 1.25 bits per heavy atom. The van der Waals surface area contributed by atoms with Gasteiger partial charge < -0.3 is 5.32 Å². The molecule has 0 amide bonds. The van der Waals surface area contributed by atoms with Crippen molar-refractivity contribution < 1.29 is 0 Å². The number of aromatic nitrogens is 5. The van der Waals surface area contributed by atoms with Crippen molar-refractivity contribution in [2.24, 2.45) is 0 Å². The highest BCUT2D eigenvalue weighted by Crippen LogP contribution is 2.20. The first kappa shape index (κ1) is 12.9. The highest BCUT2D eigenvalue weighted by atomic mass is 32.1. The first-order valence-electron chi connectivity index (χ1n) is 6.32. The minimum absolute atomic E-state index is 0.748. The number of nitrogens with zero attached hydrogens (tertiary/aromatic N) is 5. The molecular formula is C13H14N6S. The minimum atomic E-state index is 0.748. The van der Waals surface area contributed by atoms with Gasteiger partial charge in [-0.25, -0.2) is 4.98 Å². The van der Waals surface area contributed by atoms with E-state index in [1.54, 1.807) is 28.4 Å². The molecule has 0 unspecified atom stereocenters. The van der Waals surface area contributed by atoms with Crippen LogP contribution in [0.5, 0.6) is 0 Å². The van der Waals surface area contributed by atoms with E-state index < -0.39 is 0 Å². The van der Waals surface area contributed by atoms with E-state index in [1.165, 1.54) is 0 Å². The van der Waals surface area contributed by atoms with Gasteiger partial charge in [-0.15, -0.1) is 16.4 Å². The summed E-state index contributed by atoms with van der Waals surface area (Å²) in [5.74, 6) is 0. The van der Waals surface area contributed by atoms with Crippen molar-refractivity contribution in [1.29, 1.82) is 0 Å². The number of hydrogen-bond donors (Lipinski definition) is 1. The van der Waals surface area contributed by atoms with Crippen LogP contribution < -0.4 is 5.32 Å². The highest BCUT2D eigenvalue weighted by Gasteiger charge is 2.04. The van der Waals surface area contributed by atoms with Gasteiger partial charge in [-0.2, -0.15) is 0 Å². The molecule has 3 aromatic heterocycles. The van der Waals surface area contributed by atoms with Gasteiger partial charge in [-0.1, -0.05) is 11.3 Å². The van der Waals surface area contributed by atoms with Gasteiger partial charge in [-0.05, 0) is 12.1 Å². The van der Waals surface area contributed by atoms with E-state index in [1.807, 2.05) is 24.4 Å². The van der Waals surface area contributed by atoms with Gasteiger partial charge >= 0.3 is 0 Å². The van der Waals surface area contributed by atoms with Crippen LogP contribution in [0.1, 0.15) is 5.69 Å². The number of hydrogen-bond acceptors (Lipinski definition) is 6. The maximum absolute atomic E-state index is 4.57. The largest absolute Gasteiger partial charge is 0.309 e. The molecule has 3 aromatic rings. The Balaban J connectivity index is 1.50. The van der Waals surface area contributed by atoms with Crippen LogP contribution in [-0.2, 0) is 13.1 Å². The van der Waals surface area contributed by atoms with Crippen LogP contribution >= 0.6 is 11.3 Å². The second kappa shape index (κ2) is 6.36. The fourth-order valence-corrected chi connectivity index (χ4v) is 2.55. The van der Waals surface area contributed by atoms with E-state index in [-0.39, 0.29) is 0 Å². The average Bonchev–Trinajstić information content (AvgIpc) is 3.16. The molecule has 0 fully saturated rings. The van der Waals surface area contributed by atoms with Gasteiger partial charge in [-0.3, -0.25) is 9.67 Å². The van der Waals surface area contributed by atoms with E-state index in [9.17, 15) is 0 Å². The van der Waals surface area contributed by atoms with Crippen LogP contribution in [-0.4, -0.2) is 31.5 Å². The molecule has 1 N–H and O–H groups in total. The fourth-order valence-electron chi connectivity index (χ4n) is 1.76. The second-order valence-electron chi connectivity index (χ2n) is 4.20. The van der Waals surface area contributed by atoms with E-state index >= 15 is 0 Å². The topological polar surface area (TPSA) is 68.5 Å². The maximum atomic E-state index is 4.57. The Morgan fingerprint density at radius 2 is 2.25 bits per heavy atom. The van der Waals surface area contributed by atoms with E-state index in [0.29, 0.717) is 0 Å². The predicted octanol–water partition coefficient (Wildman–Crippen LogP) is 1.59. The molecule has 0 atom stereocenters. The lowest BCUT2D eigenvalue weighted by molar-refractivity contribution is 0.538. The zero-order valence-corrected chi connectivity index (χ0v) is 11.6. The maximum Gasteiger partial charge on any atom is 0.142 e. The Morgan fingerprint density at radius 3 is 3.05 bits per heavy atom. The van der Waals surface area contributed by atoms with Crippen molar-refractivity contribution in [2.45, 2.75) is 13.1 Å². The smallest absolute Gasteiger partial charge is 0.142 e. The molecule has 0 saturated carbocycles. The first-order chi connectivity index (χ1) is 9.92. The molecule has 0 aliphatic rings. The molecule has 0 aliphatic heterocycles. The Hall–Kier alpha value is -2.12. The zero-order chi connectivity index (χ0) is 13.6. The third-order valence-corrected chi connectivity index (χ3v) is 3.65. The van der Waals surface area contributed by atoms with Gasteiger partial charge in [0.25, 0.3) is 0 Å². The predicted molar refractivity (Wildman–Crippen MR) is 77.1 cm³/mol. The van der Waals surface area contributed by atoms with Crippen LogP contribution in [0.4, 0.5) is 0 Å². The van der Waals surface area contributed by atoms with Gasteiger partial charge in [0.05, 0.1) is 24.1 Å². The molecule has 6 nitrogen and oxygen atoms in total. The molecule has 0 radical (unpaired) electrons. The molecule has 0 aliphatic carbocycles. The molecule has 0 saturated heterocycles. The lowest BCUT2D eigenvalue weighted by Gasteiger charge is -2.02. The molecule has 3 rings (SSSR count). The molecule has 0 bridgehead atoms. The number of nitrogens with one attached hydrogen (secondary N) is 1. The van der Waals surface area contributed by atoms with Crippen molar-refractivity contribution in [2.75, 3.05) is 6.54 Å². The zero-order valence-electron chi connectivity index (χ0n) is 10.8. The molecule has 0 aromatic carbocycles. The van der Waals surface area contributed by atoms with Crippen LogP contribution in [0.2, 0.25) is 0 Å². The van der Waals surface area contributed by atoms with Crippen LogP contribution in [0.3, 0.4) is 0 Å². The van der Waals surface area contributed by atoms with Crippen LogP contribution in [0, 0.1) is 0 Å². The van der Waals surface area contributed by atoms with Crippen molar-refractivity contribution in [3.8, 4) is 10.7 Å². The second-order valence-corrected chi connectivity index (χ2v) is 5.06. The molecule has 7 heteroatoms. The standard InChI is InChI=1S/C13H14N6S/c1-2-4-15-12(3-1)13-17-11(10-20-13)9-14-5-7-19-8-6-16-18-19/h1-4,6,8,10,14H,5,7,9H2. The quantitative estimate of drug-likeness (QED) is 0.697. The van der Waals surface area contributed by atoms with Gasteiger partial charge in [0.1, 0.15) is 5.01 Å². The third-order valence-electron chi connectivity index (χ3n) is 2.73. The summed E-state index contributed by atoms with van der Waals surface area (Å²) in [6.45, 7) is 2.38. The first-order valence-corrected chi connectivity index (χ1v) is 7.20. The van der Waals surface area contributed by atoms with Crippen molar-refractivity contribution in [1.82, 2.24) is 30.3 Å². The molecular weight excluding hydrogens is 272 g/mol. The minimum Gasteiger partial charge on any atom is -0.309 e. The molecule has 102 valence electrons. The average molecular weight is 286 g/mol. The number of pyridine rings is 1. The molecule has 0 spiro atoms. The summed E-state index contributed by atoms with van der Waals surface area (Å²) in [5.41, 5.74) is 1.96. The van der Waals surface area contributed by atoms with Gasteiger partial charge in [0.15, 0.2) is 0 Å². The number of thiazole rings is 1. The van der Waals surface area contributed by atoms with E-state index in [0.717, 1.165) is 36.0 Å². The Labute approximate surface area is 120 Å². The molecule has 3 heterocycles. The Kier molecular flexibility index (Phi) is 4.10. The summed E-state index contributed by atoms with van der Waals surface area (Å²) in [7, 11) is 0. The van der Waals surface area contributed by atoms with E-state index in [4.69, 9.17) is 0 Å². The summed E-state index contributed by atoms with van der Waals surface area (Å²) in [4.78, 5) is 8.88.